The van der Waals surface area contributed by atoms with E-state index in [1.165, 1.54) is 12.3 Å². The van der Waals surface area contributed by atoms with Gasteiger partial charge in [0.2, 0.25) is 0 Å². The predicted molar refractivity (Wildman–Crippen MR) is 92.8 cm³/mol. The third-order valence-electron chi connectivity index (χ3n) is 3.89. The topological polar surface area (TPSA) is 85.5 Å². The highest BCUT2D eigenvalue weighted by atomic mass is 35.5. The highest BCUT2D eigenvalue weighted by molar-refractivity contribution is 6.74. The summed E-state index contributed by atoms with van der Waals surface area (Å²) in [6, 6.07) is 1.31. The number of pyridine rings is 1. The van der Waals surface area contributed by atoms with Gasteiger partial charge in [0.05, 0.1) is 10.6 Å². The van der Waals surface area contributed by atoms with Crippen LogP contribution in [0.2, 0.25) is 28.3 Å². The Kier molecular flexibility index (Phi) is 6.34. The first-order valence-electron chi connectivity index (χ1n) is 6.94. The van der Waals surface area contributed by atoms with E-state index >= 15 is 0 Å². The summed E-state index contributed by atoms with van der Waals surface area (Å²) in [6.45, 7) is 9.91. The van der Waals surface area contributed by atoms with Crippen molar-refractivity contribution in [3.05, 3.63) is 28.0 Å². The number of halogens is 2. The fourth-order valence-electron chi connectivity index (χ4n) is 1.32. The van der Waals surface area contributed by atoms with E-state index in [4.69, 9.17) is 33.5 Å². The van der Waals surface area contributed by atoms with Crippen molar-refractivity contribution in [1.29, 1.82) is 0 Å². The van der Waals surface area contributed by atoms with Gasteiger partial charge >= 0.3 is 0 Å². The van der Waals surface area contributed by atoms with Crippen molar-refractivity contribution < 1.29 is 14.0 Å². The minimum atomic E-state index is -2.11. The smallest absolute Gasteiger partial charge is 0.276 e. The van der Waals surface area contributed by atoms with Gasteiger partial charge in [0.25, 0.3) is 11.8 Å². The maximum absolute atomic E-state index is 12.2. The molecule has 1 aromatic rings. The van der Waals surface area contributed by atoms with Gasteiger partial charge in [-0.2, -0.15) is 0 Å². The zero-order valence-corrected chi connectivity index (χ0v) is 16.3. The molecule has 2 N–H and O–H groups in total. The van der Waals surface area contributed by atoms with E-state index in [0.717, 1.165) is 0 Å². The number of rotatable bonds is 4. The molecule has 1 heterocycles. The molecule has 0 fully saturated rings. The van der Waals surface area contributed by atoms with Crippen molar-refractivity contribution in [2.24, 2.45) is 5.84 Å². The Labute approximate surface area is 147 Å². The molecule has 0 unspecified atom stereocenters. The van der Waals surface area contributed by atoms with Gasteiger partial charge in [-0.1, -0.05) is 44.0 Å². The van der Waals surface area contributed by atoms with Crippen LogP contribution >= 0.6 is 23.2 Å². The lowest BCUT2D eigenvalue weighted by Gasteiger charge is -2.36. The number of carbonyl (C=O) groups excluding carboxylic acids is 2. The van der Waals surface area contributed by atoms with Gasteiger partial charge in [-0.15, -0.1) is 0 Å². The molecular weight excluding hydrogens is 357 g/mol. The van der Waals surface area contributed by atoms with Crippen molar-refractivity contribution in [2.45, 2.75) is 38.9 Å². The molecule has 0 saturated heterocycles. The first-order chi connectivity index (χ1) is 10.4. The van der Waals surface area contributed by atoms with E-state index < -0.39 is 20.1 Å². The van der Waals surface area contributed by atoms with Gasteiger partial charge < -0.3 is 4.43 Å². The lowest BCUT2D eigenvalue weighted by molar-refractivity contribution is -0.131. The summed E-state index contributed by atoms with van der Waals surface area (Å²) in [6.07, 6.45) is 1.21. The molecule has 0 aromatic carbocycles. The van der Waals surface area contributed by atoms with Crippen LogP contribution in [0.25, 0.3) is 0 Å². The summed E-state index contributed by atoms with van der Waals surface area (Å²) in [4.78, 5) is 28.0. The number of amides is 2. The third-order valence-corrected chi connectivity index (χ3v) is 9.06. The number of hydrogen-bond acceptors (Lipinski definition) is 5. The molecule has 0 bridgehead atoms. The van der Waals surface area contributed by atoms with Crippen LogP contribution in [0.15, 0.2) is 12.3 Å². The number of nitrogens with two attached hydrogens (primary N) is 1. The molecular formula is C14H21Cl2N3O3Si. The van der Waals surface area contributed by atoms with Crippen LogP contribution in [0.3, 0.4) is 0 Å². The van der Waals surface area contributed by atoms with E-state index in [9.17, 15) is 9.59 Å². The number of hydrogen-bond donors (Lipinski definition) is 1. The van der Waals surface area contributed by atoms with Crippen LogP contribution in [0, 0.1) is 0 Å². The molecule has 128 valence electrons. The van der Waals surface area contributed by atoms with Crippen molar-refractivity contribution >= 4 is 43.3 Å². The SMILES string of the molecule is CC(C)(C)[Si](C)(C)OCC(=O)N(N)C(=O)c1cnc(Cl)c(Cl)c1. The average Bonchev–Trinajstić information content (AvgIpc) is 2.45. The lowest BCUT2D eigenvalue weighted by Crippen LogP contribution is -2.48. The fourth-order valence-corrected chi connectivity index (χ4v) is 2.51. The van der Waals surface area contributed by atoms with E-state index in [1.807, 2.05) is 13.1 Å². The van der Waals surface area contributed by atoms with Gasteiger partial charge in [0.1, 0.15) is 11.8 Å². The van der Waals surface area contributed by atoms with Crippen molar-refractivity contribution in [3.63, 3.8) is 0 Å². The van der Waals surface area contributed by atoms with E-state index in [0.29, 0.717) is 5.01 Å². The zero-order chi connectivity index (χ0) is 18.0. The summed E-state index contributed by atoms with van der Waals surface area (Å²) in [7, 11) is -2.11. The minimum Gasteiger partial charge on any atom is -0.407 e. The van der Waals surface area contributed by atoms with E-state index in [2.05, 4.69) is 25.8 Å². The molecule has 0 aliphatic carbocycles. The molecule has 0 aliphatic rings. The van der Waals surface area contributed by atoms with Crippen molar-refractivity contribution in [2.75, 3.05) is 6.61 Å². The first-order valence-corrected chi connectivity index (χ1v) is 10.6. The largest absolute Gasteiger partial charge is 0.407 e. The summed E-state index contributed by atoms with van der Waals surface area (Å²) < 4.78 is 5.76. The van der Waals surface area contributed by atoms with Crippen LogP contribution in [-0.2, 0) is 9.22 Å². The standard InChI is InChI=1S/C14H21Cl2N3O3Si/c1-14(2,3)23(4,5)22-8-11(20)19(17)13(21)9-6-10(15)12(16)18-7-9/h6-7H,8,17H2,1-5H3. The Hall–Kier alpha value is -0.993. The monoisotopic (exact) mass is 377 g/mol. The molecule has 2 amide bonds. The minimum absolute atomic E-state index is 0.0512. The maximum atomic E-state index is 12.2. The Morgan fingerprint density at radius 1 is 1.35 bits per heavy atom. The second kappa shape index (κ2) is 7.27. The predicted octanol–water partition coefficient (Wildman–Crippen LogP) is 3.25. The Balaban J connectivity index is 2.77. The van der Waals surface area contributed by atoms with Crippen LogP contribution in [0.5, 0.6) is 0 Å². The molecule has 0 saturated carbocycles. The molecule has 0 spiro atoms. The highest BCUT2D eigenvalue weighted by Crippen LogP contribution is 2.36. The quantitative estimate of drug-likeness (QED) is 0.286. The number of aromatic nitrogens is 1. The molecule has 1 rings (SSSR count). The second-order valence-electron chi connectivity index (χ2n) is 6.61. The van der Waals surface area contributed by atoms with E-state index in [-0.39, 0.29) is 27.4 Å². The number of carbonyl (C=O) groups is 2. The average molecular weight is 378 g/mol. The maximum Gasteiger partial charge on any atom is 0.276 e. The number of imide groups is 1. The third kappa shape index (κ3) is 4.99. The van der Waals surface area contributed by atoms with Gasteiger partial charge in [-0.05, 0) is 24.2 Å². The summed E-state index contributed by atoms with van der Waals surface area (Å²) in [5.74, 6) is 4.23. The van der Waals surface area contributed by atoms with Gasteiger partial charge in [-0.3, -0.25) is 9.59 Å². The molecule has 0 aliphatic heterocycles. The summed E-state index contributed by atoms with van der Waals surface area (Å²) >= 11 is 11.5. The van der Waals surface area contributed by atoms with Crippen LogP contribution in [0.4, 0.5) is 0 Å². The number of nitrogens with zero attached hydrogens (tertiary/aromatic N) is 2. The van der Waals surface area contributed by atoms with Crippen LogP contribution < -0.4 is 5.84 Å². The Morgan fingerprint density at radius 3 is 2.39 bits per heavy atom. The van der Waals surface area contributed by atoms with Gasteiger partial charge in [-0.25, -0.2) is 15.8 Å². The summed E-state index contributed by atoms with van der Waals surface area (Å²) in [5, 5.41) is 0.633. The molecule has 6 nitrogen and oxygen atoms in total. The lowest BCUT2D eigenvalue weighted by atomic mass is 10.2. The molecule has 0 radical (unpaired) electrons. The zero-order valence-electron chi connectivity index (χ0n) is 13.8. The molecule has 9 heteroatoms. The molecule has 0 atom stereocenters. The van der Waals surface area contributed by atoms with Crippen LogP contribution in [-0.4, -0.2) is 36.7 Å². The van der Waals surface area contributed by atoms with Crippen molar-refractivity contribution in [3.8, 4) is 0 Å². The molecule has 23 heavy (non-hydrogen) atoms. The first kappa shape index (κ1) is 20.1. The van der Waals surface area contributed by atoms with E-state index in [1.54, 1.807) is 0 Å². The van der Waals surface area contributed by atoms with Crippen molar-refractivity contribution in [1.82, 2.24) is 9.99 Å². The summed E-state index contributed by atoms with van der Waals surface area (Å²) in [5.41, 5.74) is 0.0718. The Morgan fingerprint density at radius 2 is 1.91 bits per heavy atom. The second-order valence-corrected chi connectivity index (χ2v) is 12.2. The van der Waals surface area contributed by atoms with Crippen LogP contribution in [0.1, 0.15) is 31.1 Å². The van der Waals surface area contributed by atoms with Gasteiger partial charge in [0.15, 0.2) is 8.32 Å². The molecule has 1 aromatic heterocycles. The van der Waals surface area contributed by atoms with Gasteiger partial charge in [0, 0.05) is 6.20 Å². The fraction of sp³-hybridized carbons (Fsp3) is 0.500. The Bertz CT molecular complexity index is 618. The highest BCUT2D eigenvalue weighted by Gasteiger charge is 2.38. The number of hydrazine groups is 1. The normalized spacial score (nSPS) is 12.2.